The normalized spacial score (nSPS) is 12.2. The molecule has 88 valence electrons. The van der Waals surface area contributed by atoms with E-state index in [0.717, 1.165) is 10.0 Å². The number of aryl methyl sites for hydroxylation is 1. The van der Waals surface area contributed by atoms with Crippen LogP contribution in [0.4, 0.5) is 0 Å². The second-order valence-corrected chi connectivity index (χ2v) is 5.85. The van der Waals surface area contributed by atoms with Crippen molar-refractivity contribution in [1.29, 1.82) is 0 Å². The molecule has 0 aliphatic rings. The number of carbonyl (C=O) groups excluding carboxylic acids is 1. The minimum absolute atomic E-state index is 0.0124. The summed E-state index contributed by atoms with van der Waals surface area (Å²) in [5.74, 6) is -0.0124. The van der Waals surface area contributed by atoms with Crippen LogP contribution in [0.1, 0.15) is 22.8 Å². The van der Waals surface area contributed by atoms with Crippen LogP contribution in [-0.4, -0.2) is 24.0 Å². The Bertz CT molecular complexity index is 381. The summed E-state index contributed by atoms with van der Waals surface area (Å²) in [6.07, 6.45) is 2.04. The van der Waals surface area contributed by atoms with Crippen molar-refractivity contribution in [2.45, 2.75) is 19.1 Å². The fourth-order valence-electron chi connectivity index (χ4n) is 1.16. The van der Waals surface area contributed by atoms with E-state index in [1.54, 1.807) is 11.8 Å². The van der Waals surface area contributed by atoms with E-state index in [4.69, 9.17) is 0 Å². The molecule has 0 radical (unpaired) electrons. The van der Waals surface area contributed by atoms with Gasteiger partial charge in [-0.3, -0.25) is 4.79 Å². The van der Waals surface area contributed by atoms with Gasteiger partial charge in [-0.25, -0.2) is 0 Å². The average molecular weight is 302 g/mol. The van der Waals surface area contributed by atoms with E-state index in [-0.39, 0.29) is 5.91 Å². The van der Waals surface area contributed by atoms with Crippen molar-refractivity contribution in [2.75, 3.05) is 12.8 Å². The van der Waals surface area contributed by atoms with Gasteiger partial charge in [0.05, 0.1) is 0 Å². The molecule has 1 N–H and O–H groups in total. The van der Waals surface area contributed by atoms with Gasteiger partial charge in [0.25, 0.3) is 5.91 Å². The molecular formula is C12H16BrNOS. The van der Waals surface area contributed by atoms with Crippen LogP contribution in [0.5, 0.6) is 0 Å². The summed E-state index contributed by atoms with van der Waals surface area (Å²) in [5, 5.41) is 3.36. The highest BCUT2D eigenvalue weighted by atomic mass is 79.9. The van der Waals surface area contributed by atoms with Gasteiger partial charge in [0, 0.05) is 21.8 Å². The minimum atomic E-state index is -0.0124. The number of amides is 1. The van der Waals surface area contributed by atoms with Crippen LogP contribution >= 0.6 is 27.7 Å². The SMILES string of the molecule is CSC(C)CNC(=O)c1ccc(C)c(Br)c1. The number of hydrogen-bond donors (Lipinski definition) is 1. The van der Waals surface area contributed by atoms with Crippen molar-refractivity contribution in [3.8, 4) is 0 Å². The molecule has 2 nitrogen and oxygen atoms in total. The molecule has 1 unspecified atom stereocenters. The van der Waals surface area contributed by atoms with Gasteiger partial charge in [0.15, 0.2) is 0 Å². The van der Waals surface area contributed by atoms with E-state index in [9.17, 15) is 4.79 Å². The monoisotopic (exact) mass is 301 g/mol. The predicted molar refractivity (Wildman–Crippen MR) is 74.2 cm³/mol. The Labute approximate surface area is 109 Å². The van der Waals surface area contributed by atoms with Crippen molar-refractivity contribution < 1.29 is 4.79 Å². The maximum Gasteiger partial charge on any atom is 0.251 e. The van der Waals surface area contributed by atoms with Crippen LogP contribution in [0.25, 0.3) is 0 Å². The van der Waals surface area contributed by atoms with Gasteiger partial charge in [0.2, 0.25) is 0 Å². The lowest BCUT2D eigenvalue weighted by atomic mass is 10.1. The molecule has 0 bridgehead atoms. The molecule has 0 aromatic heterocycles. The Hall–Kier alpha value is -0.480. The maximum absolute atomic E-state index is 11.8. The van der Waals surface area contributed by atoms with Crippen molar-refractivity contribution in [1.82, 2.24) is 5.32 Å². The number of nitrogens with one attached hydrogen (secondary N) is 1. The highest BCUT2D eigenvalue weighted by Crippen LogP contribution is 2.17. The highest BCUT2D eigenvalue weighted by Gasteiger charge is 2.08. The molecule has 0 fully saturated rings. The largest absolute Gasteiger partial charge is 0.351 e. The van der Waals surface area contributed by atoms with Crippen molar-refractivity contribution in [2.24, 2.45) is 0 Å². The lowest BCUT2D eigenvalue weighted by Gasteiger charge is -2.10. The van der Waals surface area contributed by atoms with Crippen LogP contribution in [0.2, 0.25) is 0 Å². The number of carbonyl (C=O) groups is 1. The van der Waals surface area contributed by atoms with Crippen molar-refractivity contribution >= 4 is 33.6 Å². The van der Waals surface area contributed by atoms with Gasteiger partial charge in [-0.05, 0) is 30.9 Å². The van der Waals surface area contributed by atoms with Crippen LogP contribution in [0, 0.1) is 6.92 Å². The molecule has 0 heterocycles. The fraction of sp³-hybridized carbons (Fsp3) is 0.417. The quantitative estimate of drug-likeness (QED) is 0.925. The van der Waals surface area contributed by atoms with E-state index in [1.807, 2.05) is 31.4 Å². The van der Waals surface area contributed by atoms with Gasteiger partial charge < -0.3 is 5.32 Å². The third-order valence-corrected chi connectivity index (χ3v) is 4.21. The summed E-state index contributed by atoms with van der Waals surface area (Å²) in [6, 6.07) is 5.64. The predicted octanol–water partition coefficient (Wildman–Crippen LogP) is 3.24. The topological polar surface area (TPSA) is 29.1 Å². The van der Waals surface area contributed by atoms with E-state index >= 15 is 0 Å². The van der Waals surface area contributed by atoms with Gasteiger partial charge in [-0.15, -0.1) is 0 Å². The Morgan fingerprint density at radius 3 is 2.81 bits per heavy atom. The Morgan fingerprint density at radius 2 is 2.25 bits per heavy atom. The van der Waals surface area contributed by atoms with E-state index < -0.39 is 0 Å². The Kier molecular flexibility index (Phi) is 5.35. The molecule has 1 amide bonds. The standard InChI is InChI=1S/C12H16BrNOS/c1-8-4-5-10(6-11(8)13)12(15)14-7-9(2)16-3/h4-6,9H,7H2,1-3H3,(H,14,15). The zero-order chi connectivity index (χ0) is 12.1. The van der Waals surface area contributed by atoms with Crippen LogP contribution < -0.4 is 5.32 Å². The van der Waals surface area contributed by atoms with Crippen molar-refractivity contribution in [3.05, 3.63) is 33.8 Å². The van der Waals surface area contributed by atoms with Crippen LogP contribution in [0.3, 0.4) is 0 Å². The summed E-state index contributed by atoms with van der Waals surface area (Å²) >= 11 is 5.17. The smallest absolute Gasteiger partial charge is 0.251 e. The molecule has 0 spiro atoms. The van der Waals surface area contributed by atoms with E-state index in [0.29, 0.717) is 17.4 Å². The van der Waals surface area contributed by atoms with Gasteiger partial charge in [-0.2, -0.15) is 11.8 Å². The number of benzene rings is 1. The average Bonchev–Trinajstić information content (AvgIpc) is 2.29. The summed E-state index contributed by atoms with van der Waals surface area (Å²) in [5.41, 5.74) is 1.83. The van der Waals surface area contributed by atoms with Gasteiger partial charge in [-0.1, -0.05) is 28.9 Å². The lowest BCUT2D eigenvalue weighted by Crippen LogP contribution is -2.29. The third-order valence-electron chi connectivity index (χ3n) is 2.39. The van der Waals surface area contributed by atoms with E-state index in [2.05, 4.69) is 28.2 Å². The zero-order valence-corrected chi connectivity index (χ0v) is 12.1. The summed E-state index contributed by atoms with van der Waals surface area (Å²) in [7, 11) is 0. The second-order valence-electron chi connectivity index (χ2n) is 3.72. The first-order valence-corrected chi connectivity index (χ1v) is 7.20. The third kappa shape index (κ3) is 3.83. The molecule has 16 heavy (non-hydrogen) atoms. The molecular weight excluding hydrogens is 286 g/mol. The first kappa shape index (κ1) is 13.6. The summed E-state index contributed by atoms with van der Waals surface area (Å²) < 4.78 is 0.970. The number of rotatable bonds is 4. The number of hydrogen-bond acceptors (Lipinski definition) is 2. The molecule has 1 rings (SSSR count). The zero-order valence-electron chi connectivity index (χ0n) is 9.71. The fourth-order valence-corrected chi connectivity index (χ4v) is 1.78. The maximum atomic E-state index is 11.8. The number of halogens is 1. The van der Waals surface area contributed by atoms with Gasteiger partial charge >= 0.3 is 0 Å². The first-order chi connectivity index (χ1) is 7.54. The first-order valence-electron chi connectivity index (χ1n) is 5.11. The second kappa shape index (κ2) is 6.30. The van der Waals surface area contributed by atoms with Crippen LogP contribution in [-0.2, 0) is 0 Å². The van der Waals surface area contributed by atoms with E-state index in [1.165, 1.54) is 0 Å². The molecule has 4 heteroatoms. The Morgan fingerprint density at radius 1 is 1.56 bits per heavy atom. The molecule has 0 saturated carbocycles. The van der Waals surface area contributed by atoms with Crippen molar-refractivity contribution in [3.63, 3.8) is 0 Å². The molecule has 1 atom stereocenters. The molecule has 0 aliphatic heterocycles. The Balaban J connectivity index is 2.63. The molecule has 0 aliphatic carbocycles. The minimum Gasteiger partial charge on any atom is -0.351 e. The van der Waals surface area contributed by atoms with Crippen LogP contribution in [0.15, 0.2) is 22.7 Å². The van der Waals surface area contributed by atoms with Gasteiger partial charge in [0.1, 0.15) is 0 Å². The molecule has 0 saturated heterocycles. The summed E-state index contributed by atoms with van der Waals surface area (Å²) in [4.78, 5) is 11.8. The lowest BCUT2D eigenvalue weighted by molar-refractivity contribution is 0.0954. The highest BCUT2D eigenvalue weighted by molar-refractivity contribution is 9.10. The summed E-state index contributed by atoms with van der Waals surface area (Å²) in [6.45, 7) is 4.79. The number of thioether (sulfide) groups is 1. The molecule has 1 aromatic carbocycles. The molecule has 1 aromatic rings.